The molecule has 176 valence electrons. The van der Waals surface area contributed by atoms with Gasteiger partial charge in [-0.05, 0) is 69.3 Å². The second kappa shape index (κ2) is 9.94. The molecule has 4 aromatic rings. The van der Waals surface area contributed by atoms with Crippen molar-refractivity contribution < 1.29 is 4.74 Å². The van der Waals surface area contributed by atoms with E-state index in [2.05, 4.69) is 36.9 Å². The van der Waals surface area contributed by atoms with Crippen molar-refractivity contribution >= 4 is 22.7 Å². The van der Waals surface area contributed by atoms with Gasteiger partial charge in [-0.15, -0.1) is 15.3 Å². The Morgan fingerprint density at radius 2 is 1.76 bits per heavy atom. The van der Waals surface area contributed by atoms with Crippen LogP contribution in [-0.4, -0.2) is 54.9 Å². The maximum Gasteiger partial charge on any atom is 0.278 e. The Bertz CT molecular complexity index is 1330. The van der Waals surface area contributed by atoms with E-state index in [0.717, 1.165) is 30.4 Å². The SMILES string of the molecule is COc1ccc(-n2c(SCn3nnc4ccccc4c3=O)nnc2C(C)N2CCCCC2)cc1. The van der Waals surface area contributed by atoms with E-state index in [0.29, 0.717) is 16.1 Å². The Kier molecular flexibility index (Phi) is 6.59. The molecule has 0 spiro atoms. The number of piperidine rings is 1. The van der Waals surface area contributed by atoms with E-state index < -0.39 is 0 Å². The molecule has 0 bridgehead atoms. The van der Waals surface area contributed by atoms with E-state index in [1.54, 1.807) is 19.2 Å². The van der Waals surface area contributed by atoms with Crippen LogP contribution in [0.1, 0.15) is 38.1 Å². The quantitative estimate of drug-likeness (QED) is 0.372. The third-order valence-corrected chi connectivity index (χ3v) is 7.14. The van der Waals surface area contributed by atoms with Crippen molar-refractivity contribution in [2.24, 2.45) is 0 Å². The Morgan fingerprint density at radius 3 is 2.53 bits per heavy atom. The van der Waals surface area contributed by atoms with E-state index in [4.69, 9.17) is 4.74 Å². The molecule has 1 unspecified atom stereocenters. The lowest BCUT2D eigenvalue weighted by molar-refractivity contribution is 0.167. The van der Waals surface area contributed by atoms with Gasteiger partial charge < -0.3 is 4.74 Å². The van der Waals surface area contributed by atoms with Crippen molar-refractivity contribution in [3.8, 4) is 11.4 Å². The normalized spacial score (nSPS) is 15.5. The highest BCUT2D eigenvalue weighted by molar-refractivity contribution is 7.98. The standard InChI is InChI=1S/C24H27N7O2S/c1-17(29-14-6-3-7-15-29)22-26-27-24(31(22)18-10-12-19(33-2)13-11-18)34-16-30-23(32)20-8-4-5-9-21(20)25-28-30/h4-5,8-13,17H,3,6-7,14-16H2,1-2H3. The molecule has 0 N–H and O–H groups in total. The second-order valence-corrected chi connectivity index (χ2v) is 9.24. The van der Waals surface area contributed by atoms with Gasteiger partial charge in [-0.2, -0.15) is 4.68 Å². The number of nitrogens with zero attached hydrogens (tertiary/aromatic N) is 7. The third-order valence-electron chi connectivity index (χ3n) is 6.25. The minimum atomic E-state index is -0.171. The van der Waals surface area contributed by atoms with Crippen LogP contribution in [0.25, 0.3) is 16.6 Å². The molecule has 1 aliphatic rings. The monoisotopic (exact) mass is 477 g/mol. The van der Waals surface area contributed by atoms with Crippen LogP contribution < -0.4 is 10.3 Å². The average molecular weight is 478 g/mol. The summed E-state index contributed by atoms with van der Waals surface area (Å²) in [5.41, 5.74) is 1.37. The summed E-state index contributed by atoms with van der Waals surface area (Å²) in [6.07, 6.45) is 3.68. The van der Waals surface area contributed by atoms with Gasteiger partial charge in [-0.25, -0.2) is 0 Å². The summed E-state index contributed by atoms with van der Waals surface area (Å²) in [7, 11) is 1.65. The smallest absolute Gasteiger partial charge is 0.278 e. The number of rotatable bonds is 7. The zero-order valence-electron chi connectivity index (χ0n) is 19.3. The van der Waals surface area contributed by atoms with Crippen LogP contribution in [0, 0.1) is 0 Å². The topological polar surface area (TPSA) is 91.0 Å². The van der Waals surface area contributed by atoms with Crippen molar-refractivity contribution in [2.45, 2.75) is 43.3 Å². The summed E-state index contributed by atoms with van der Waals surface area (Å²) >= 11 is 1.41. The summed E-state index contributed by atoms with van der Waals surface area (Å²) in [5.74, 6) is 1.95. The van der Waals surface area contributed by atoms with Gasteiger partial charge >= 0.3 is 0 Å². The van der Waals surface area contributed by atoms with Gasteiger partial charge in [0.15, 0.2) is 11.0 Å². The highest BCUT2D eigenvalue weighted by atomic mass is 32.2. The molecule has 1 saturated heterocycles. The van der Waals surface area contributed by atoms with Gasteiger partial charge in [0.05, 0.1) is 24.4 Å². The molecule has 3 heterocycles. The lowest BCUT2D eigenvalue weighted by Crippen LogP contribution is -2.33. The predicted molar refractivity (Wildman–Crippen MR) is 131 cm³/mol. The minimum Gasteiger partial charge on any atom is -0.497 e. The average Bonchev–Trinajstić information content (AvgIpc) is 3.32. The largest absolute Gasteiger partial charge is 0.497 e. The van der Waals surface area contributed by atoms with E-state index in [9.17, 15) is 4.79 Å². The summed E-state index contributed by atoms with van der Waals surface area (Å²) < 4.78 is 8.78. The van der Waals surface area contributed by atoms with Gasteiger partial charge in [0.25, 0.3) is 5.56 Å². The molecule has 34 heavy (non-hydrogen) atoms. The number of thioether (sulfide) groups is 1. The Labute approximate surface area is 201 Å². The Balaban J connectivity index is 1.48. The predicted octanol–water partition coefficient (Wildman–Crippen LogP) is 3.68. The first-order valence-corrected chi connectivity index (χ1v) is 12.4. The Morgan fingerprint density at radius 1 is 1.00 bits per heavy atom. The zero-order chi connectivity index (χ0) is 23.5. The maximum atomic E-state index is 12.9. The number of likely N-dealkylation sites (tertiary alicyclic amines) is 1. The molecule has 2 aromatic heterocycles. The third kappa shape index (κ3) is 4.43. The molecule has 10 heteroatoms. The number of methoxy groups -OCH3 is 1. The van der Waals surface area contributed by atoms with Crippen LogP contribution in [-0.2, 0) is 5.88 Å². The first-order valence-electron chi connectivity index (χ1n) is 11.4. The molecule has 1 fully saturated rings. The Hall–Kier alpha value is -3.24. The van der Waals surface area contributed by atoms with Crippen molar-refractivity contribution in [2.75, 3.05) is 20.2 Å². The minimum absolute atomic E-state index is 0.118. The molecule has 2 aromatic carbocycles. The number of ether oxygens (including phenoxy) is 1. The number of hydrogen-bond acceptors (Lipinski definition) is 8. The van der Waals surface area contributed by atoms with E-state index in [1.807, 2.05) is 36.4 Å². The number of fused-ring (bicyclic) bond motifs is 1. The van der Waals surface area contributed by atoms with Gasteiger partial charge in [-0.3, -0.25) is 14.3 Å². The molecule has 0 aliphatic carbocycles. The van der Waals surface area contributed by atoms with E-state index >= 15 is 0 Å². The number of benzene rings is 2. The summed E-state index contributed by atoms with van der Waals surface area (Å²) in [6, 6.07) is 15.2. The highest BCUT2D eigenvalue weighted by Crippen LogP contribution is 2.30. The van der Waals surface area contributed by atoms with Crippen molar-refractivity contribution in [3.63, 3.8) is 0 Å². The van der Waals surface area contributed by atoms with Crippen LogP contribution in [0.4, 0.5) is 0 Å². The molecule has 0 radical (unpaired) electrons. The molecule has 9 nitrogen and oxygen atoms in total. The first-order chi connectivity index (χ1) is 16.7. The summed E-state index contributed by atoms with van der Waals surface area (Å²) in [6.45, 7) is 4.30. The van der Waals surface area contributed by atoms with E-state index in [-0.39, 0.29) is 17.5 Å². The van der Waals surface area contributed by atoms with Crippen LogP contribution >= 0.6 is 11.8 Å². The van der Waals surface area contributed by atoms with Gasteiger partial charge in [0, 0.05) is 5.69 Å². The molecule has 0 saturated carbocycles. The first kappa shape index (κ1) is 22.5. The van der Waals surface area contributed by atoms with Crippen molar-refractivity contribution in [1.82, 2.24) is 34.7 Å². The van der Waals surface area contributed by atoms with Gasteiger partial charge in [0.1, 0.15) is 11.3 Å². The highest BCUT2D eigenvalue weighted by Gasteiger charge is 2.25. The van der Waals surface area contributed by atoms with Crippen molar-refractivity contribution in [3.05, 3.63) is 64.7 Å². The fourth-order valence-electron chi connectivity index (χ4n) is 4.32. The van der Waals surface area contributed by atoms with E-state index in [1.165, 1.54) is 35.7 Å². The number of aromatic nitrogens is 6. The molecular weight excluding hydrogens is 450 g/mol. The lowest BCUT2D eigenvalue weighted by atomic mass is 10.1. The van der Waals surface area contributed by atoms with Gasteiger partial charge in [-0.1, -0.05) is 35.5 Å². The van der Waals surface area contributed by atoms with Crippen LogP contribution in [0.5, 0.6) is 5.75 Å². The maximum absolute atomic E-state index is 12.9. The number of hydrogen-bond donors (Lipinski definition) is 0. The molecule has 1 atom stereocenters. The lowest BCUT2D eigenvalue weighted by Gasteiger charge is -2.31. The van der Waals surface area contributed by atoms with Crippen LogP contribution in [0.15, 0.2) is 58.5 Å². The fraction of sp³-hybridized carbons (Fsp3) is 0.375. The molecule has 5 rings (SSSR count). The molecular formula is C24H27N7O2S. The summed E-state index contributed by atoms with van der Waals surface area (Å²) in [5, 5.41) is 18.7. The molecule has 1 aliphatic heterocycles. The summed E-state index contributed by atoms with van der Waals surface area (Å²) in [4.78, 5) is 15.3. The van der Waals surface area contributed by atoms with Crippen LogP contribution in [0.3, 0.4) is 0 Å². The fourth-order valence-corrected chi connectivity index (χ4v) is 5.15. The zero-order valence-corrected chi connectivity index (χ0v) is 20.1. The van der Waals surface area contributed by atoms with Gasteiger partial charge in [0.2, 0.25) is 0 Å². The van der Waals surface area contributed by atoms with Crippen LogP contribution in [0.2, 0.25) is 0 Å². The second-order valence-electron chi connectivity index (χ2n) is 8.33. The molecule has 0 amide bonds. The van der Waals surface area contributed by atoms with Crippen molar-refractivity contribution in [1.29, 1.82) is 0 Å².